The molecule has 116 valence electrons. The molecule has 0 fully saturated rings. The molecule has 0 aliphatic carbocycles. The van der Waals surface area contributed by atoms with E-state index in [-0.39, 0.29) is 0 Å². The minimum Gasteiger partial charge on any atom is -0.303 e. The Kier molecular flexibility index (Phi) is 17.2. The summed E-state index contributed by atoms with van der Waals surface area (Å²) in [6, 6.07) is 0. The quantitative estimate of drug-likeness (QED) is 0.215. The monoisotopic (exact) mass is 280 g/mol. The van der Waals surface area contributed by atoms with Crippen LogP contribution < -0.4 is 0 Å². The van der Waals surface area contributed by atoms with Crippen molar-refractivity contribution in [2.75, 3.05) is 0 Å². The Labute approximate surface area is 125 Å². The van der Waals surface area contributed by atoms with Gasteiger partial charge in [-0.2, -0.15) is 0 Å². The summed E-state index contributed by atoms with van der Waals surface area (Å²) >= 11 is 0. The van der Waals surface area contributed by atoms with Crippen molar-refractivity contribution in [1.29, 1.82) is 0 Å². The molecular formula is C18H32O2. The van der Waals surface area contributed by atoms with Gasteiger partial charge in [-0.05, 0) is 19.3 Å². The molecule has 0 N–H and O–H groups in total. The Morgan fingerprint density at radius 1 is 0.450 bits per heavy atom. The van der Waals surface area contributed by atoms with Crippen LogP contribution in [0.2, 0.25) is 0 Å². The SMILES string of the molecule is O=CC/C=C\CCCCCCCCCCCCCC=O. The Hall–Kier alpha value is -0.920. The highest BCUT2D eigenvalue weighted by atomic mass is 16.1. The smallest absolute Gasteiger partial charge is 0.123 e. The predicted octanol–water partition coefficient (Wildman–Crippen LogP) is 5.40. The van der Waals surface area contributed by atoms with Gasteiger partial charge in [-0.3, -0.25) is 0 Å². The molecule has 0 rings (SSSR count). The zero-order chi connectivity index (χ0) is 14.7. The van der Waals surface area contributed by atoms with Crippen LogP contribution in [0.25, 0.3) is 0 Å². The highest BCUT2D eigenvalue weighted by molar-refractivity contribution is 5.51. The third-order valence-electron chi connectivity index (χ3n) is 3.59. The van der Waals surface area contributed by atoms with E-state index < -0.39 is 0 Å². The van der Waals surface area contributed by atoms with Crippen LogP contribution in [0.3, 0.4) is 0 Å². The van der Waals surface area contributed by atoms with Crippen molar-refractivity contribution in [2.24, 2.45) is 0 Å². The summed E-state index contributed by atoms with van der Waals surface area (Å²) in [5.74, 6) is 0. The van der Waals surface area contributed by atoms with Crippen molar-refractivity contribution < 1.29 is 9.59 Å². The van der Waals surface area contributed by atoms with E-state index in [0.29, 0.717) is 6.42 Å². The van der Waals surface area contributed by atoms with E-state index in [1.165, 1.54) is 64.2 Å². The summed E-state index contributed by atoms with van der Waals surface area (Å²) in [6.45, 7) is 0. The number of unbranched alkanes of at least 4 members (excludes halogenated alkanes) is 12. The lowest BCUT2D eigenvalue weighted by molar-refractivity contribution is -0.108. The lowest BCUT2D eigenvalue weighted by Gasteiger charge is -2.02. The Morgan fingerprint density at radius 3 is 1.35 bits per heavy atom. The van der Waals surface area contributed by atoms with Crippen molar-refractivity contribution in [1.82, 2.24) is 0 Å². The van der Waals surface area contributed by atoms with Gasteiger partial charge >= 0.3 is 0 Å². The average molecular weight is 280 g/mol. The zero-order valence-electron chi connectivity index (χ0n) is 13.0. The summed E-state index contributed by atoms with van der Waals surface area (Å²) in [6.07, 6.45) is 22.8. The molecule has 0 bridgehead atoms. The van der Waals surface area contributed by atoms with Crippen molar-refractivity contribution in [2.45, 2.75) is 89.9 Å². The molecule has 0 atom stereocenters. The number of allylic oxidation sites excluding steroid dienone is 2. The van der Waals surface area contributed by atoms with Gasteiger partial charge in [0.1, 0.15) is 12.6 Å². The fraction of sp³-hybridized carbons (Fsp3) is 0.778. The van der Waals surface area contributed by atoms with E-state index in [0.717, 1.165) is 31.8 Å². The van der Waals surface area contributed by atoms with Crippen LogP contribution >= 0.6 is 0 Å². The van der Waals surface area contributed by atoms with Crippen LogP contribution in [0.15, 0.2) is 12.2 Å². The van der Waals surface area contributed by atoms with E-state index >= 15 is 0 Å². The van der Waals surface area contributed by atoms with Gasteiger partial charge in [-0.15, -0.1) is 0 Å². The maximum Gasteiger partial charge on any atom is 0.123 e. The molecule has 0 aromatic heterocycles. The molecule has 0 aliphatic rings. The topological polar surface area (TPSA) is 34.1 Å². The normalized spacial score (nSPS) is 11.0. The fourth-order valence-corrected chi connectivity index (χ4v) is 2.35. The van der Waals surface area contributed by atoms with Crippen LogP contribution in [0.1, 0.15) is 89.9 Å². The van der Waals surface area contributed by atoms with Crippen LogP contribution in [0.4, 0.5) is 0 Å². The van der Waals surface area contributed by atoms with Crippen LogP contribution in [-0.2, 0) is 9.59 Å². The number of aldehydes is 2. The van der Waals surface area contributed by atoms with Crippen molar-refractivity contribution in [3.05, 3.63) is 12.2 Å². The Morgan fingerprint density at radius 2 is 0.900 bits per heavy atom. The number of hydrogen-bond acceptors (Lipinski definition) is 2. The molecule has 0 saturated heterocycles. The fourth-order valence-electron chi connectivity index (χ4n) is 2.35. The molecule has 0 aromatic carbocycles. The van der Waals surface area contributed by atoms with Gasteiger partial charge in [0, 0.05) is 12.8 Å². The number of hydrogen-bond donors (Lipinski definition) is 0. The van der Waals surface area contributed by atoms with Crippen molar-refractivity contribution in [3.63, 3.8) is 0 Å². The number of carbonyl (C=O) groups is 2. The summed E-state index contributed by atoms with van der Waals surface area (Å²) in [5, 5.41) is 0. The molecule has 0 aromatic rings. The molecule has 0 radical (unpaired) electrons. The molecule has 0 saturated carbocycles. The minimum absolute atomic E-state index is 0.565. The van der Waals surface area contributed by atoms with Gasteiger partial charge in [0.05, 0.1) is 0 Å². The van der Waals surface area contributed by atoms with Gasteiger partial charge < -0.3 is 9.59 Å². The third-order valence-corrected chi connectivity index (χ3v) is 3.59. The van der Waals surface area contributed by atoms with E-state index in [1.807, 2.05) is 6.08 Å². The molecule has 0 aliphatic heterocycles. The standard InChI is InChI=1S/C18H32O2/c19-17-15-13-11-9-7-5-3-1-2-4-6-8-10-12-14-16-18-20/h11,13,17-18H,1-10,12,14-16H2/b13-11-. The summed E-state index contributed by atoms with van der Waals surface area (Å²) in [7, 11) is 0. The minimum atomic E-state index is 0.565. The maximum atomic E-state index is 10.1. The first-order chi connectivity index (χ1) is 9.91. The van der Waals surface area contributed by atoms with Crippen molar-refractivity contribution in [3.8, 4) is 0 Å². The van der Waals surface area contributed by atoms with Gasteiger partial charge in [0.15, 0.2) is 0 Å². The van der Waals surface area contributed by atoms with Gasteiger partial charge in [-0.1, -0.05) is 69.9 Å². The van der Waals surface area contributed by atoms with Crippen LogP contribution in [-0.4, -0.2) is 12.6 Å². The van der Waals surface area contributed by atoms with Crippen molar-refractivity contribution >= 4 is 12.6 Å². The summed E-state index contributed by atoms with van der Waals surface area (Å²) < 4.78 is 0. The number of rotatable bonds is 16. The highest BCUT2D eigenvalue weighted by Crippen LogP contribution is 2.12. The Bertz CT molecular complexity index is 234. The maximum absolute atomic E-state index is 10.1. The largest absolute Gasteiger partial charge is 0.303 e. The molecule has 0 spiro atoms. The molecule has 0 amide bonds. The van der Waals surface area contributed by atoms with E-state index in [1.54, 1.807) is 0 Å². The number of carbonyl (C=O) groups excluding carboxylic acids is 2. The molecule has 20 heavy (non-hydrogen) atoms. The van der Waals surface area contributed by atoms with Gasteiger partial charge in [0.25, 0.3) is 0 Å². The predicted molar refractivity (Wildman–Crippen MR) is 85.9 cm³/mol. The second-order valence-electron chi connectivity index (χ2n) is 5.51. The van der Waals surface area contributed by atoms with Crippen LogP contribution in [0, 0.1) is 0 Å². The molecular weight excluding hydrogens is 248 g/mol. The molecule has 0 unspecified atom stereocenters. The Balaban J connectivity index is 2.99. The molecule has 2 nitrogen and oxygen atoms in total. The van der Waals surface area contributed by atoms with Crippen LogP contribution in [0.5, 0.6) is 0 Å². The lowest BCUT2D eigenvalue weighted by Crippen LogP contribution is -1.83. The van der Waals surface area contributed by atoms with E-state index in [9.17, 15) is 9.59 Å². The van der Waals surface area contributed by atoms with E-state index in [4.69, 9.17) is 0 Å². The second-order valence-corrected chi connectivity index (χ2v) is 5.51. The van der Waals surface area contributed by atoms with Gasteiger partial charge in [-0.25, -0.2) is 0 Å². The summed E-state index contributed by atoms with van der Waals surface area (Å²) in [5.41, 5.74) is 0. The molecule has 0 heterocycles. The highest BCUT2D eigenvalue weighted by Gasteiger charge is 1.93. The first-order valence-electron chi connectivity index (χ1n) is 8.44. The average Bonchev–Trinajstić information content (AvgIpc) is 2.47. The van der Waals surface area contributed by atoms with Gasteiger partial charge in [0.2, 0.25) is 0 Å². The first-order valence-corrected chi connectivity index (χ1v) is 8.44. The summed E-state index contributed by atoms with van der Waals surface area (Å²) in [4.78, 5) is 20.2. The second kappa shape index (κ2) is 18.1. The third kappa shape index (κ3) is 17.1. The van der Waals surface area contributed by atoms with E-state index in [2.05, 4.69) is 6.08 Å². The lowest BCUT2D eigenvalue weighted by atomic mass is 10.0. The zero-order valence-corrected chi connectivity index (χ0v) is 13.0. The molecule has 2 heteroatoms. The first kappa shape index (κ1) is 19.1.